The second-order valence-electron chi connectivity index (χ2n) is 7.84. The molecule has 0 unspecified atom stereocenters. The van der Waals surface area contributed by atoms with E-state index in [4.69, 9.17) is 0 Å². The number of carbonyl (C=O) groups excluding carboxylic acids is 1. The summed E-state index contributed by atoms with van der Waals surface area (Å²) in [6, 6.07) is 10.8. The van der Waals surface area contributed by atoms with E-state index in [1.54, 1.807) is 6.20 Å². The van der Waals surface area contributed by atoms with Crippen LogP contribution in [0.4, 0.5) is 10.6 Å². The van der Waals surface area contributed by atoms with Gasteiger partial charge in [0.15, 0.2) is 5.82 Å². The first-order valence-corrected chi connectivity index (χ1v) is 10.6. The van der Waals surface area contributed by atoms with Gasteiger partial charge in [0.2, 0.25) is 0 Å². The first-order chi connectivity index (χ1) is 13.5. The van der Waals surface area contributed by atoms with E-state index in [1.807, 2.05) is 24.1 Å². The molecule has 1 aromatic heterocycles. The van der Waals surface area contributed by atoms with Crippen LogP contribution in [0.5, 0.6) is 0 Å². The van der Waals surface area contributed by atoms with Crippen molar-refractivity contribution in [1.29, 1.82) is 0 Å². The lowest BCUT2D eigenvalue weighted by atomic mass is 10.0. The summed E-state index contributed by atoms with van der Waals surface area (Å²) in [7, 11) is 1.90. The zero-order valence-corrected chi connectivity index (χ0v) is 17.9. The molecule has 4 rings (SSSR count). The van der Waals surface area contributed by atoms with Crippen molar-refractivity contribution in [3.8, 4) is 0 Å². The summed E-state index contributed by atoms with van der Waals surface area (Å²) in [5.41, 5.74) is 2.54. The van der Waals surface area contributed by atoms with Crippen molar-refractivity contribution < 1.29 is 4.79 Å². The number of anilines is 1. The average molecular weight is 444 g/mol. The Morgan fingerprint density at radius 2 is 2.21 bits per heavy atom. The molecule has 2 fully saturated rings. The van der Waals surface area contributed by atoms with Crippen molar-refractivity contribution in [2.75, 3.05) is 25.0 Å². The van der Waals surface area contributed by atoms with E-state index in [2.05, 4.69) is 61.5 Å². The molecule has 1 aromatic carbocycles. The van der Waals surface area contributed by atoms with Gasteiger partial charge in [0, 0.05) is 42.8 Å². The third-order valence-corrected chi connectivity index (χ3v) is 6.75. The molecule has 2 aromatic rings. The number of nitrogens with one attached hydrogen (secondary N) is 1. The number of aromatic nitrogens is 2. The Labute approximate surface area is 174 Å². The summed E-state index contributed by atoms with van der Waals surface area (Å²) in [6.45, 7) is 3.85. The molecule has 1 aliphatic carbocycles. The highest BCUT2D eigenvalue weighted by Gasteiger charge is 2.40. The maximum atomic E-state index is 12.8. The first kappa shape index (κ1) is 19.2. The number of hydrogen-bond donors (Lipinski definition) is 1. The molecule has 0 spiro atoms. The van der Waals surface area contributed by atoms with E-state index in [0.717, 1.165) is 42.6 Å². The Balaban J connectivity index is 1.33. The lowest BCUT2D eigenvalue weighted by Gasteiger charge is -2.38. The number of amides is 2. The van der Waals surface area contributed by atoms with Gasteiger partial charge in [-0.2, -0.15) is 5.10 Å². The molecule has 28 heavy (non-hydrogen) atoms. The molecule has 7 heteroatoms. The molecule has 2 aliphatic rings. The largest absolute Gasteiger partial charge is 0.353 e. The summed E-state index contributed by atoms with van der Waals surface area (Å²) in [5.74, 6) is 1.31. The van der Waals surface area contributed by atoms with Crippen LogP contribution in [0.25, 0.3) is 0 Å². The number of rotatable bonds is 4. The Bertz CT molecular complexity index is 846. The molecule has 0 bridgehead atoms. The topological polar surface area (TPSA) is 61.4 Å². The van der Waals surface area contributed by atoms with E-state index in [-0.39, 0.29) is 18.1 Å². The zero-order chi connectivity index (χ0) is 19.7. The van der Waals surface area contributed by atoms with Crippen LogP contribution in [0.15, 0.2) is 41.0 Å². The van der Waals surface area contributed by atoms with Gasteiger partial charge in [0.05, 0.1) is 6.04 Å². The van der Waals surface area contributed by atoms with Crippen LogP contribution in [0.1, 0.15) is 36.3 Å². The highest BCUT2D eigenvalue weighted by atomic mass is 79.9. The van der Waals surface area contributed by atoms with Crippen molar-refractivity contribution in [3.05, 3.63) is 52.1 Å². The SMILES string of the molecule is Cc1cc([C@@H]2C[C@H]2NC(=O)N(C)[C@@H]2CCCN(c3cccnn3)C2)ccc1Br. The molecule has 2 heterocycles. The van der Waals surface area contributed by atoms with Crippen molar-refractivity contribution in [3.63, 3.8) is 0 Å². The fraction of sp³-hybridized carbons (Fsp3) is 0.476. The number of benzene rings is 1. The van der Waals surface area contributed by atoms with Crippen molar-refractivity contribution in [1.82, 2.24) is 20.4 Å². The predicted octanol–water partition coefficient (Wildman–Crippen LogP) is 3.71. The molecule has 1 saturated carbocycles. The standard InChI is InChI=1S/C21H26BrN5O/c1-14-11-15(7-8-18(14)22)17-12-19(17)24-21(28)26(2)16-5-4-10-27(13-16)20-6-3-9-23-25-20/h3,6-9,11,16-17,19H,4-5,10,12-13H2,1-2H3,(H,24,28)/t16-,17+,19-/m1/s1. The van der Waals surface area contributed by atoms with Crippen LogP contribution >= 0.6 is 15.9 Å². The number of urea groups is 1. The summed E-state index contributed by atoms with van der Waals surface area (Å²) < 4.78 is 1.13. The highest BCUT2D eigenvalue weighted by Crippen LogP contribution is 2.41. The maximum absolute atomic E-state index is 12.8. The van der Waals surface area contributed by atoms with Gasteiger partial charge in [-0.05, 0) is 55.5 Å². The number of likely N-dealkylation sites (N-methyl/N-ethyl adjacent to an activating group) is 1. The van der Waals surface area contributed by atoms with Gasteiger partial charge in [-0.15, -0.1) is 5.10 Å². The van der Waals surface area contributed by atoms with E-state index in [1.165, 1.54) is 11.1 Å². The van der Waals surface area contributed by atoms with Crippen molar-refractivity contribution in [2.45, 2.75) is 44.2 Å². The van der Waals surface area contributed by atoms with E-state index in [0.29, 0.717) is 5.92 Å². The molecular formula is C21H26BrN5O. The van der Waals surface area contributed by atoms with E-state index < -0.39 is 0 Å². The number of halogens is 1. The van der Waals surface area contributed by atoms with Crippen molar-refractivity contribution in [2.24, 2.45) is 0 Å². The minimum absolute atomic E-state index is 0.0207. The molecule has 1 N–H and O–H groups in total. The van der Waals surface area contributed by atoms with Crippen LogP contribution in [0.2, 0.25) is 0 Å². The zero-order valence-electron chi connectivity index (χ0n) is 16.3. The first-order valence-electron chi connectivity index (χ1n) is 9.85. The number of nitrogens with zero attached hydrogens (tertiary/aromatic N) is 4. The number of aryl methyl sites for hydroxylation is 1. The van der Waals surface area contributed by atoms with Crippen LogP contribution in [-0.2, 0) is 0 Å². The van der Waals surface area contributed by atoms with Gasteiger partial charge in [0.1, 0.15) is 0 Å². The van der Waals surface area contributed by atoms with E-state index in [9.17, 15) is 4.79 Å². The van der Waals surface area contributed by atoms with Crippen molar-refractivity contribution >= 4 is 27.8 Å². The third-order valence-electron chi connectivity index (χ3n) is 5.86. The number of carbonyl (C=O) groups is 1. The molecular weight excluding hydrogens is 418 g/mol. The molecule has 1 saturated heterocycles. The van der Waals surface area contributed by atoms with Crippen LogP contribution < -0.4 is 10.2 Å². The van der Waals surface area contributed by atoms with Crippen LogP contribution in [-0.4, -0.2) is 53.3 Å². The molecule has 2 amide bonds. The molecule has 1 aliphatic heterocycles. The lowest BCUT2D eigenvalue weighted by Crippen LogP contribution is -2.52. The van der Waals surface area contributed by atoms with E-state index >= 15 is 0 Å². The third kappa shape index (κ3) is 4.14. The fourth-order valence-corrected chi connectivity index (χ4v) is 4.24. The summed E-state index contributed by atoms with van der Waals surface area (Å²) in [5, 5.41) is 11.4. The Morgan fingerprint density at radius 1 is 1.36 bits per heavy atom. The maximum Gasteiger partial charge on any atom is 0.317 e. The highest BCUT2D eigenvalue weighted by molar-refractivity contribution is 9.10. The second-order valence-corrected chi connectivity index (χ2v) is 8.70. The minimum Gasteiger partial charge on any atom is -0.353 e. The molecule has 3 atom stereocenters. The minimum atomic E-state index is 0.0207. The number of hydrogen-bond acceptors (Lipinski definition) is 4. The summed E-state index contributed by atoms with van der Waals surface area (Å²) in [4.78, 5) is 16.9. The fourth-order valence-electron chi connectivity index (χ4n) is 3.99. The Kier molecular flexibility index (Phi) is 5.53. The van der Waals surface area contributed by atoms with Gasteiger partial charge in [0.25, 0.3) is 0 Å². The van der Waals surface area contributed by atoms with Gasteiger partial charge in [-0.25, -0.2) is 4.79 Å². The monoisotopic (exact) mass is 443 g/mol. The van der Waals surface area contributed by atoms with Gasteiger partial charge in [-0.3, -0.25) is 0 Å². The van der Waals surface area contributed by atoms with Gasteiger partial charge >= 0.3 is 6.03 Å². The summed E-state index contributed by atoms with van der Waals surface area (Å²) in [6.07, 6.45) is 4.75. The quantitative estimate of drug-likeness (QED) is 0.781. The normalized spacial score (nSPS) is 24.0. The van der Waals surface area contributed by atoms with Crippen LogP contribution in [0, 0.1) is 6.92 Å². The second kappa shape index (κ2) is 8.07. The van der Waals surface area contributed by atoms with Crippen LogP contribution in [0.3, 0.4) is 0 Å². The van der Waals surface area contributed by atoms with Gasteiger partial charge in [-0.1, -0.05) is 28.1 Å². The Morgan fingerprint density at radius 3 is 2.96 bits per heavy atom. The number of piperidine rings is 1. The molecule has 148 valence electrons. The smallest absolute Gasteiger partial charge is 0.317 e. The molecule has 0 radical (unpaired) electrons. The van der Waals surface area contributed by atoms with Gasteiger partial charge < -0.3 is 15.1 Å². The molecule has 6 nitrogen and oxygen atoms in total. The predicted molar refractivity (Wildman–Crippen MR) is 114 cm³/mol. The average Bonchev–Trinajstić information content (AvgIpc) is 3.49. The lowest BCUT2D eigenvalue weighted by molar-refractivity contribution is 0.182. The summed E-state index contributed by atoms with van der Waals surface area (Å²) >= 11 is 3.55. The Hall–Kier alpha value is -2.15.